The second-order valence-corrected chi connectivity index (χ2v) is 4.40. The fourth-order valence-corrected chi connectivity index (χ4v) is 2.19. The number of anilines is 1. The number of alkyl halides is 3. The molecule has 1 heterocycles. The van der Waals surface area contributed by atoms with Gasteiger partial charge in [0.1, 0.15) is 5.69 Å². The van der Waals surface area contributed by atoms with Crippen LogP contribution in [0.5, 0.6) is 0 Å². The molecule has 20 heavy (non-hydrogen) atoms. The Morgan fingerprint density at radius 2 is 1.95 bits per heavy atom. The fraction of sp³-hybridized carbons (Fsp3) is 0.308. The summed E-state index contributed by atoms with van der Waals surface area (Å²) in [6, 6.07) is 4.59. The molecule has 1 aromatic carbocycles. The number of hydrogen-bond donors (Lipinski definition) is 1. The van der Waals surface area contributed by atoms with Gasteiger partial charge in [-0.1, -0.05) is 13.0 Å². The van der Waals surface area contributed by atoms with Crippen LogP contribution in [-0.4, -0.2) is 9.36 Å². The van der Waals surface area contributed by atoms with Gasteiger partial charge in [-0.05, 0) is 24.6 Å². The van der Waals surface area contributed by atoms with Crippen LogP contribution < -0.4 is 11.3 Å². The Hall–Kier alpha value is -2.18. The minimum absolute atomic E-state index is 0.0624. The lowest BCUT2D eigenvalue weighted by Crippen LogP contribution is -2.21. The van der Waals surface area contributed by atoms with Gasteiger partial charge in [-0.15, -0.1) is 0 Å². The van der Waals surface area contributed by atoms with Gasteiger partial charge in [-0.3, -0.25) is 9.48 Å². The molecular formula is C13H14F3N3O. The van der Waals surface area contributed by atoms with Crippen LogP contribution in [0.1, 0.15) is 18.2 Å². The van der Waals surface area contributed by atoms with E-state index in [4.69, 9.17) is 5.73 Å². The van der Waals surface area contributed by atoms with E-state index in [0.29, 0.717) is 12.1 Å². The van der Waals surface area contributed by atoms with E-state index >= 15 is 0 Å². The molecule has 0 amide bonds. The number of hydrogen-bond acceptors (Lipinski definition) is 2. The Bertz CT molecular complexity index is 698. The Morgan fingerprint density at radius 1 is 1.30 bits per heavy atom. The summed E-state index contributed by atoms with van der Waals surface area (Å²) in [7, 11) is 1.59. The predicted molar refractivity (Wildman–Crippen MR) is 69.8 cm³/mol. The van der Waals surface area contributed by atoms with Crippen LogP contribution in [0.15, 0.2) is 29.1 Å². The van der Waals surface area contributed by atoms with Gasteiger partial charge in [0.05, 0.1) is 16.9 Å². The second kappa shape index (κ2) is 4.73. The highest BCUT2D eigenvalue weighted by Crippen LogP contribution is 2.30. The average Bonchev–Trinajstić information content (AvgIpc) is 2.59. The molecule has 0 aliphatic heterocycles. The summed E-state index contributed by atoms with van der Waals surface area (Å²) in [6.45, 7) is 1.82. The molecule has 2 aromatic rings. The molecule has 0 bridgehead atoms. The number of aromatic nitrogens is 2. The number of halogens is 3. The smallest absolute Gasteiger partial charge is 0.393 e. The number of nitrogens with two attached hydrogens (primary N) is 1. The van der Waals surface area contributed by atoms with Gasteiger partial charge in [-0.25, -0.2) is 4.68 Å². The van der Waals surface area contributed by atoms with E-state index in [2.05, 4.69) is 0 Å². The number of benzene rings is 1. The summed E-state index contributed by atoms with van der Waals surface area (Å²) < 4.78 is 40.8. The third-order valence-electron chi connectivity index (χ3n) is 3.18. The standard InChI is InChI=1S/C13H14F3N3O/c1-3-10-11(17)12(20)19(18(10)2)9-6-4-5-8(7-9)13(14,15)16/h4-7H,3,17H2,1-2H3. The van der Waals surface area contributed by atoms with Crippen LogP contribution in [0.4, 0.5) is 18.9 Å². The van der Waals surface area contributed by atoms with Crippen molar-refractivity contribution in [2.75, 3.05) is 5.73 Å². The van der Waals surface area contributed by atoms with Gasteiger partial charge >= 0.3 is 6.18 Å². The van der Waals surface area contributed by atoms with E-state index in [-0.39, 0.29) is 11.4 Å². The van der Waals surface area contributed by atoms with E-state index in [1.165, 1.54) is 16.8 Å². The molecule has 4 nitrogen and oxygen atoms in total. The molecule has 2 rings (SSSR count). The quantitative estimate of drug-likeness (QED) is 0.920. The molecule has 2 N–H and O–H groups in total. The minimum Gasteiger partial charge on any atom is -0.393 e. The average molecular weight is 285 g/mol. The molecule has 0 aliphatic rings. The van der Waals surface area contributed by atoms with E-state index in [9.17, 15) is 18.0 Å². The van der Waals surface area contributed by atoms with Crippen molar-refractivity contribution in [3.63, 3.8) is 0 Å². The number of nitrogen functional groups attached to an aromatic ring is 1. The molecule has 1 aromatic heterocycles. The lowest BCUT2D eigenvalue weighted by atomic mass is 10.2. The SMILES string of the molecule is CCc1c(N)c(=O)n(-c2cccc(C(F)(F)F)c2)n1C. The first-order valence-electron chi connectivity index (χ1n) is 6.01. The summed E-state index contributed by atoms with van der Waals surface area (Å²) in [5, 5.41) is 0. The minimum atomic E-state index is -4.45. The molecule has 0 unspecified atom stereocenters. The maximum absolute atomic E-state index is 12.7. The van der Waals surface area contributed by atoms with Crippen LogP contribution in [0.25, 0.3) is 5.69 Å². The van der Waals surface area contributed by atoms with Crippen molar-refractivity contribution in [1.82, 2.24) is 9.36 Å². The van der Waals surface area contributed by atoms with Crippen molar-refractivity contribution in [3.05, 3.63) is 45.9 Å². The van der Waals surface area contributed by atoms with Gasteiger partial charge in [0.2, 0.25) is 0 Å². The van der Waals surface area contributed by atoms with Crippen molar-refractivity contribution in [2.24, 2.45) is 7.05 Å². The molecule has 0 fully saturated rings. The molecule has 108 valence electrons. The zero-order valence-corrected chi connectivity index (χ0v) is 11.0. The molecular weight excluding hydrogens is 271 g/mol. The van der Waals surface area contributed by atoms with Gasteiger partial charge in [0.15, 0.2) is 0 Å². The topological polar surface area (TPSA) is 53.0 Å². The first-order valence-corrected chi connectivity index (χ1v) is 6.01. The van der Waals surface area contributed by atoms with Crippen molar-refractivity contribution in [3.8, 4) is 5.69 Å². The van der Waals surface area contributed by atoms with E-state index in [1.54, 1.807) is 7.05 Å². The van der Waals surface area contributed by atoms with E-state index in [0.717, 1.165) is 16.8 Å². The summed E-state index contributed by atoms with van der Waals surface area (Å²) >= 11 is 0. The number of rotatable bonds is 2. The van der Waals surface area contributed by atoms with E-state index < -0.39 is 17.3 Å². The van der Waals surface area contributed by atoms with Crippen molar-refractivity contribution in [2.45, 2.75) is 19.5 Å². The highest BCUT2D eigenvalue weighted by Gasteiger charge is 2.31. The normalized spacial score (nSPS) is 11.8. The lowest BCUT2D eigenvalue weighted by molar-refractivity contribution is -0.137. The van der Waals surface area contributed by atoms with Crippen molar-refractivity contribution < 1.29 is 13.2 Å². The molecule has 7 heteroatoms. The van der Waals surface area contributed by atoms with Gasteiger partial charge < -0.3 is 5.73 Å². The largest absolute Gasteiger partial charge is 0.416 e. The Labute approximate surface area is 113 Å². The number of nitrogens with zero attached hydrogens (tertiary/aromatic N) is 2. The zero-order valence-electron chi connectivity index (χ0n) is 11.0. The van der Waals surface area contributed by atoms with Gasteiger partial charge in [-0.2, -0.15) is 13.2 Å². The summed E-state index contributed by atoms with van der Waals surface area (Å²) in [6.07, 6.45) is -3.94. The van der Waals surface area contributed by atoms with Crippen molar-refractivity contribution in [1.29, 1.82) is 0 Å². The Morgan fingerprint density at radius 3 is 2.45 bits per heavy atom. The zero-order chi connectivity index (χ0) is 15.1. The lowest BCUT2D eigenvalue weighted by Gasteiger charge is -2.12. The maximum Gasteiger partial charge on any atom is 0.416 e. The van der Waals surface area contributed by atoms with Crippen molar-refractivity contribution >= 4 is 5.69 Å². The molecule has 0 radical (unpaired) electrons. The molecule has 0 saturated heterocycles. The second-order valence-electron chi connectivity index (χ2n) is 4.40. The third-order valence-corrected chi connectivity index (χ3v) is 3.18. The molecule has 0 saturated carbocycles. The highest BCUT2D eigenvalue weighted by atomic mass is 19.4. The predicted octanol–water partition coefficient (Wildman–Crippen LogP) is 2.34. The van der Waals surface area contributed by atoms with Crippen LogP contribution >= 0.6 is 0 Å². The fourth-order valence-electron chi connectivity index (χ4n) is 2.19. The monoisotopic (exact) mass is 285 g/mol. The molecule has 0 atom stereocenters. The molecule has 0 spiro atoms. The first kappa shape index (κ1) is 14.2. The summed E-state index contributed by atoms with van der Waals surface area (Å²) in [5.41, 5.74) is 5.17. The Balaban J connectivity index is 2.67. The summed E-state index contributed by atoms with van der Waals surface area (Å²) in [5.74, 6) is 0. The third kappa shape index (κ3) is 2.19. The first-order chi connectivity index (χ1) is 9.27. The van der Waals surface area contributed by atoms with E-state index in [1.807, 2.05) is 6.92 Å². The highest BCUT2D eigenvalue weighted by molar-refractivity contribution is 5.46. The van der Waals surface area contributed by atoms with Crippen LogP contribution in [0, 0.1) is 0 Å². The van der Waals surface area contributed by atoms with Crippen LogP contribution in [0.3, 0.4) is 0 Å². The van der Waals surface area contributed by atoms with Gasteiger partial charge in [0.25, 0.3) is 5.56 Å². The Kier molecular flexibility index (Phi) is 3.37. The maximum atomic E-state index is 12.7. The van der Waals surface area contributed by atoms with Gasteiger partial charge in [0, 0.05) is 7.05 Å². The summed E-state index contributed by atoms with van der Waals surface area (Å²) in [4.78, 5) is 12.1. The van der Waals surface area contributed by atoms with Crippen LogP contribution in [0.2, 0.25) is 0 Å². The molecule has 0 aliphatic carbocycles. The van der Waals surface area contributed by atoms with Crippen LogP contribution in [-0.2, 0) is 19.6 Å².